The molecule has 0 bridgehead atoms. The molecule has 0 aromatic carbocycles. The van der Waals surface area contributed by atoms with Gasteiger partial charge in [-0.25, -0.2) is 0 Å². The summed E-state index contributed by atoms with van der Waals surface area (Å²) < 4.78 is 0. The highest BCUT2D eigenvalue weighted by Crippen LogP contribution is 2.25. The number of allylic oxidation sites excluding steroid dienone is 2. The highest BCUT2D eigenvalue weighted by atomic mass is 15.4. The zero-order valence-electron chi connectivity index (χ0n) is 13.2. The van der Waals surface area contributed by atoms with Gasteiger partial charge in [0.25, 0.3) is 0 Å². The molecule has 1 saturated heterocycles. The molecule has 0 amide bonds. The third-order valence-electron chi connectivity index (χ3n) is 4.79. The SMILES string of the molecule is CC(C)(C)N1CCN(C2N=CC3=C(CCCC3)N2)CC1. The number of hydrogen-bond donors (Lipinski definition) is 1. The van der Waals surface area contributed by atoms with E-state index in [0.717, 1.165) is 26.2 Å². The first-order chi connectivity index (χ1) is 9.54. The minimum Gasteiger partial charge on any atom is -0.354 e. The predicted octanol–water partition coefficient (Wildman–Crippen LogP) is 2.19. The summed E-state index contributed by atoms with van der Waals surface area (Å²) in [6, 6.07) is 0. The van der Waals surface area contributed by atoms with Gasteiger partial charge in [0.2, 0.25) is 0 Å². The first-order valence-electron chi connectivity index (χ1n) is 8.05. The van der Waals surface area contributed by atoms with Crippen molar-refractivity contribution in [3.8, 4) is 0 Å². The van der Waals surface area contributed by atoms with E-state index in [1.165, 1.54) is 37.0 Å². The molecule has 0 aromatic rings. The quantitative estimate of drug-likeness (QED) is 0.796. The van der Waals surface area contributed by atoms with Crippen molar-refractivity contribution in [3.05, 3.63) is 11.3 Å². The van der Waals surface area contributed by atoms with Gasteiger partial charge in [0, 0.05) is 43.6 Å². The Balaban J connectivity index is 1.58. The second-order valence-corrected chi connectivity index (χ2v) is 7.20. The molecule has 112 valence electrons. The summed E-state index contributed by atoms with van der Waals surface area (Å²) in [6.45, 7) is 11.4. The van der Waals surface area contributed by atoms with Crippen molar-refractivity contribution in [3.63, 3.8) is 0 Å². The van der Waals surface area contributed by atoms with E-state index in [2.05, 4.69) is 42.1 Å². The van der Waals surface area contributed by atoms with Crippen molar-refractivity contribution in [2.75, 3.05) is 26.2 Å². The van der Waals surface area contributed by atoms with Crippen molar-refractivity contribution in [2.24, 2.45) is 4.99 Å². The fraction of sp³-hybridized carbons (Fsp3) is 0.812. The summed E-state index contributed by atoms with van der Waals surface area (Å²) in [5, 5.41) is 3.67. The third kappa shape index (κ3) is 2.91. The Morgan fingerprint density at radius 3 is 2.50 bits per heavy atom. The van der Waals surface area contributed by atoms with Crippen LogP contribution in [0.4, 0.5) is 0 Å². The molecule has 2 aliphatic heterocycles. The summed E-state index contributed by atoms with van der Waals surface area (Å²) in [6.07, 6.45) is 7.36. The van der Waals surface area contributed by atoms with Crippen molar-refractivity contribution in [1.29, 1.82) is 0 Å². The summed E-state index contributed by atoms with van der Waals surface area (Å²) in [7, 11) is 0. The standard InChI is InChI=1S/C16H28N4/c1-16(2,3)20-10-8-19(9-11-20)15-17-12-13-6-4-5-7-14(13)18-15/h12,15,18H,4-11H2,1-3H3. The van der Waals surface area contributed by atoms with Gasteiger partial charge >= 0.3 is 0 Å². The molecular formula is C16H28N4. The molecule has 1 fully saturated rings. The number of rotatable bonds is 1. The molecule has 1 unspecified atom stereocenters. The smallest absolute Gasteiger partial charge is 0.176 e. The van der Waals surface area contributed by atoms with Gasteiger partial charge in [0.05, 0.1) is 0 Å². The highest BCUT2D eigenvalue weighted by Gasteiger charge is 2.30. The Labute approximate surface area is 122 Å². The molecular weight excluding hydrogens is 248 g/mol. The van der Waals surface area contributed by atoms with Crippen molar-refractivity contribution in [2.45, 2.75) is 58.3 Å². The van der Waals surface area contributed by atoms with E-state index in [0.29, 0.717) is 0 Å². The predicted molar refractivity (Wildman–Crippen MR) is 83.8 cm³/mol. The van der Waals surface area contributed by atoms with Crippen LogP contribution in [-0.4, -0.2) is 54.0 Å². The summed E-state index contributed by atoms with van der Waals surface area (Å²) in [5.74, 6) is 0. The van der Waals surface area contributed by atoms with Crippen LogP contribution in [0.3, 0.4) is 0 Å². The fourth-order valence-corrected chi connectivity index (χ4v) is 3.41. The Kier molecular flexibility index (Phi) is 3.87. The number of nitrogens with zero attached hydrogens (tertiary/aromatic N) is 3. The molecule has 0 aromatic heterocycles. The van der Waals surface area contributed by atoms with E-state index >= 15 is 0 Å². The first kappa shape index (κ1) is 14.1. The minimum absolute atomic E-state index is 0.175. The lowest BCUT2D eigenvalue weighted by atomic mass is 9.96. The summed E-state index contributed by atoms with van der Waals surface area (Å²) in [4.78, 5) is 9.79. The lowest BCUT2D eigenvalue weighted by molar-refractivity contribution is 0.0377. The lowest BCUT2D eigenvalue weighted by Gasteiger charge is -2.44. The molecule has 3 aliphatic rings. The Morgan fingerprint density at radius 1 is 1.10 bits per heavy atom. The van der Waals surface area contributed by atoms with Crippen LogP contribution >= 0.6 is 0 Å². The van der Waals surface area contributed by atoms with Gasteiger partial charge in [-0.2, -0.15) is 0 Å². The highest BCUT2D eigenvalue weighted by molar-refractivity contribution is 5.80. The topological polar surface area (TPSA) is 30.9 Å². The second-order valence-electron chi connectivity index (χ2n) is 7.20. The zero-order chi connectivity index (χ0) is 14.2. The minimum atomic E-state index is 0.175. The Bertz CT molecular complexity index is 411. The Morgan fingerprint density at radius 2 is 1.80 bits per heavy atom. The van der Waals surface area contributed by atoms with Gasteiger partial charge in [0.15, 0.2) is 6.29 Å². The van der Waals surface area contributed by atoms with Gasteiger partial charge in [-0.05, 0) is 52.0 Å². The molecule has 4 heteroatoms. The first-order valence-corrected chi connectivity index (χ1v) is 8.05. The molecule has 4 nitrogen and oxygen atoms in total. The van der Waals surface area contributed by atoms with E-state index in [1.807, 2.05) is 0 Å². The number of piperazine rings is 1. The van der Waals surface area contributed by atoms with Crippen LogP contribution in [0.2, 0.25) is 0 Å². The molecule has 1 aliphatic carbocycles. The van der Waals surface area contributed by atoms with Crippen LogP contribution in [-0.2, 0) is 0 Å². The lowest BCUT2D eigenvalue weighted by Crippen LogP contribution is -2.58. The normalized spacial score (nSPS) is 29.2. The van der Waals surface area contributed by atoms with Gasteiger partial charge in [-0.1, -0.05) is 0 Å². The fourth-order valence-electron chi connectivity index (χ4n) is 3.41. The zero-order valence-corrected chi connectivity index (χ0v) is 13.2. The van der Waals surface area contributed by atoms with Crippen LogP contribution in [0.5, 0.6) is 0 Å². The Hall–Kier alpha value is -0.870. The third-order valence-corrected chi connectivity index (χ3v) is 4.79. The average molecular weight is 276 g/mol. The molecule has 0 spiro atoms. The van der Waals surface area contributed by atoms with Gasteiger partial charge in [-0.3, -0.25) is 14.8 Å². The molecule has 20 heavy (non-hydrogen) atoms. The maximum absolute atomic E-state index is 4.74. The molecule has 0 saturated carbocycles. The number of nitrogens with one attached hydrogen (secondary N) is 1. The number of hydrogen-bond acceptors (Lipinski definition) is 4. The largest absolute Gasteiger partial charge is 0.354 e. The molecule has 1 atom stereocenters. The van der Waals surface area contributed by atoms with E-state index in [9.17, 15) is 0 Å². The number of aliphatic imine (C=N–C) groups is 1. The maximum atomic E-state index is 4.74. The molecule has 3 rings (SSSR count). The molecule has 0 radical (unpaired) electrons. The van der Waals surface area contributed by atoms with Crippen molar-refractivity contribution in [1.82, 2.24) is 15.1 Å². The molecule has 1 N–H and O–H groups in total. The van der Waals surface area contributed by atoms with Gasteiger partial charge in [-0.15, -0.1) is 0 Å². The monoisotopic (exact) mass is 276 g/mol. The van der Waals surface area contributed by atoms with Gasteiger partial charge in [0.1, 0.15) is 0 Å². The summed E-state index contributed by atoms with van der Waals surface area (Å²) in [5.41, 5.74) is 3.18. The van der Waals surface area contributed by atoms with Crippen LogP contribution in [0.1, 0.15) is 46.5 Å². The average Bonchev–Trinajstić information content (AvgIpc) is 2.46. The van der Waals surface area contributed by atoms with Crippen molar-refractivity contribution < 1.29 is 0 Å². The van der Waals surface area contributed by atoms with E-state index in [-0.39, 0.29) is 11.8 Å². The second kappa shape index (κ2) is 5.49. The van der Waals surface area contributed by atoms with Crippen molar-refractivity contribution >= 4 is 6.21 Å². The van der Waals surface area contributed by atoms with Crippen LogP contribution in [0.25, 0.3) is 0 Å². The summed E-state index contributed by atoms with van der Waals surface area (Å²) >= 11 is 0. The van der Waals surface area contributed by atoms with E-state index in [1.54, 1.807) is 0 Å². The maximum Gasteiger partial charge on any atom is 0.176 e. The molecule has 2 heterocycles. The van der Waals surface area contributed by atoms with Crippen LogP contribution in [0.15, 0.2) is 16.3 Å². The van der Waals surface area contributed by atoms with E-state index < -0.39 is 0 Å². The van der Waals surface area contributed by atoms with Crippen LogP contribution in [0, 0.1) is 0 Å². The van der Waals surface area contributed by atoms with Crippen LogP contribution < -0.4 is 5.32 Å². The van der Waals surface area contributed by atoms with E-state index in [4.69, 9.17) is 4.99 Å². The van der Waals surface area contributed by atoms with Gasteiger partial charge < -0.3 is 5.32 Å².